The minimum atomic E-state index is -2.99. The van der Waals surface area contributed by atoms with Crippen LogP contribution in [0.2, 0.25) is 0 Å². The smallest absolute Gasteiger partial charge is 0.212 e. The summed E-state index contributed by atoms with van der Waals surface area (Å²) < 4.78 is 25.0. The van der Waals surface area contributed by atoms with Crippen molar-refractivity contribution in [2.24, 2.45) is 0 Å². The lowest BCUT2D eigenvalue weighted by Crippen LogP contribution is -2.37. The van der Waals surface area contributed by atoms with Crippen molar-refractivity contribution in [2.45, 2.75) is 44.9 Å². The van der Waals surface area contributed by atoms with Gasteiger partial charge in [-0.1, -0.05) is 6.92 Å². The number of nitrogens with zero attached hydrogens (tertiary/aromatic N) is 1. The van der Waals surface area contributed by atoms with Gasteiger partial charge in [0.15, 0.2) is 0 Å². The summed E-state index contributed by atoms with van der Waals surface area (Å²) in [7, 11) is -2.99. The van der Waals surface area contributed by atoms with Crippen LogP contribution in [0, 0.1) is 0 Å². The second-order valence-corrected chi connectivity index (χ2v) is 5.97. The second-order valence-electron chi connectivity index (χ2n) is 3.53. The fourth-order valence-corrected chi connectivity index (χ4v) is 2.81. The summed E-state index contributed by atoms with van der Waals surface area (Å²) in [6, 6.07) is 0.308. The molecule has 0 N–H and O–H groups in total. The van der Waals surface area contributed by atoms with E-state index in [1.807, 2.05) is 6.92 Å². The molecule has 4 heteroatoms. The van der Waals surface area contributed by atoms with Crippen LogP contribution in [0.15, 0.2) is 0 Å². The average molecular weight is 191 g/mol. The fraction of sp³-hybridized carbons (Fsp3) is 1.00. The van der Waals surface area contributed by atoms with Crippen molar-refractivity contribution >= 4 is 10.0 Å². The predicted octanol–water partition coefficient (Wildman–Crippen LogP) is 1.21. The van der Waals surface area contributed by atoms with Crippen molar-refractivity contribution in [1.82, 2.24) is 4.31 Å². The first kappa shape index (κ1) is 9.99. The van der Waals surface area contributed by atoms with Gasteiger partial charge in [0.1, 0.15) is 0 Å². The van der Waals surface area contributed by atoms with Gasteiger partial charge in [0.25, 0.3) is 0 Å². The Hall–Kier alpha value is -0.0900. The molecule has 0 aromatic carbocycles. The van der Waals surface area contributed by atoms with E-state index in [9.17, 15) is 8.42 Å². The molecule has 0 atom stereocenters. The van der Waals surface area contributed by atoms with Crippen molar-refractivity contribution in [3.8, 4) is 0 Å². The van der Waals surface area contributed by atoms with Crippen LogP contribution in [0.5, 0.6) is 0 Å². The maximum Gasteiger partial charge on any atom is 0.216 e. The van der Waals surface area contributed by atoms with Crippen LogP contribution >= 0.6 is 0 Å². The molecular formula is C8H17NO2S. The third kappa shape index (κ3) is 1.80. The Morgan fingerprint density at radius 2 is 1.92 bits per heavy atom. The van der Waals surface area contributed by atoms with Gasteiger partial charge in [0.2, 0.25) is 10.0 Å². The molecular weight excluding hydrogens is 174 g/mol. The molecule has 0 aromatic rings. The standard InChI is InChI=1S/C8H17NO2S/c1-4-9(8-5-6-8)12(10,11)7(2)3/h7-8H,4-6H2,1-3H3. The summed E-state index contributed by atoms with van der Waals surface area (Å²) in [6.07, 6.45) is 2.08. The Labute approximate surface area is 74.8 Å². The highest BCUT2D eigenvalue weighted by atomic mass is 32.2. The first-order valence-corrected chi connectivity index (χ1v) is 6.01. The van der Waals surface area contributed by atoms with E-state index in [1.54, 1.807) is 18.2 Å². The van der Waals surface area contributed by atoms with Gasteiger partial charge in [0, 0.05) is 12.6 Å². The summed E-state index contributed by atoms with van der Waals surface area (Å²) in [4.78, 5) is 0. The zero-order chi connectivity index (χ0) is 9.35. The Balaban J connectivity index is 2.76. The first-order chi connectivity index (χ1) is 5.50. The van der Waals surface area contributed by atoms with Crippen molar-refractivity contribution in [2.75, 3.05) is 6.54 Å². The average Bonchev–Trinajstić information content (AvgIpc) is 2.72. The van der Waals surface area contributed by atoms with E-state index in [4.69, 9.17) is 0 Å². The summed E-state index contributed by atoms with van der Waals surface area (Å²) in [5.74, 6) is 0. The molecule has 1 rings (SSSR count). The van der Waals surface area contributed by atoms with Crippen LogP contribution in [0.25, 0.3) is 0 Å². The van der Waals surface area contributed by atoms with E-state index in [1.165, 1.54) is 0 Å². The number of rotatable bonds is 4. The highest BCUT2D eigenvalue weighted by molar-refractivity contribution is 7.89. The Morgan fingerprint density at radius 3 is 2.17 bits per heavy atom. The topological polar surface area (TPSA) is 37.4 Å². The summed E-state index contributed by atoms with van der Waals surface area (Å²) in [6.45, 7) is 5.99. The van der Waals surface area contributed by atoms with Gasteiger partial charge in [-0.2, -0.15) is 4.31 Å². The molecule has 0 heterocycles. The lowest BCUT2D eigenvalue weighted by molar-refractivity contribution is 0.415. The first-order valence-electron chi connectivity index (χ1n) is 4.50. The van der Waals surface area contributed by atoms with Gasteiger partial charge in [-0.15, -0.1) is 0 Å². The highest BCUT2D eigenvalue weighted by Gasteiger charge is 2.37. The molecule has 72 valence electrons. The van der Waals surface area contributed by atoms with Crippen LogP contribution < -0.4 is 0 Å². The number of hydrogen-bond donors (Lipinski definition) is 0. The molecule has 0 aromatic heterocycles. The van der Waals surface area contributed by atoms with Crippen molar-refractivity contribution in [3.63, 3.8) is 0 Å². The Kier molecular flexibility index (Phi) is 2.78. The summed E-state index contributed by atoms with van der Waals surface area (Å²) >= 11 is 0. The summed E-state index contributed by atoms with van der Waals surface area (Å²) in [5.41, 5.74) is 0. The monoisotopic (exact) mass is 191 g/mol. The molecule has 0 spiro atoms. The Bertz CT molecular complexity index is 242. The van der Waals surface area contributed by atoms with E-state index in [-0.39, 0.29) is 5.25 Å². The van der Waals surface area contributed by atoms with Gasteiger partial charge < -0.3 is 0 Å². The van der Waals surface area contributed by atoms with Crippen molar-refractivity contribution in [3.05, 3.63) is 0 Å². The molecule has 1 aliphatic rings. The zero-order valence-electron chi connectivity index (χ0n) is 7.95. The van der Waals surface area contributed by atoms with Gasteiger partial charge in [-0.05, 0) is 26.7 Å². The zero-order valence-corrected chi connectivity index (χ0v) is 8.76. The molecule has 0 aliphatic heterocycles. The molecule has 0 radical (unpaired) electrons. The van der Waals surface area contributed by atoms with Crippen molar-refractivity contribution in [1.29, 1.82) is 0 Å². The van der Waals surface area contributed by atoms with E-state index in [0.29, 0.717) is 12.6 Å². The molecule has 0 bridgehead atoms. The van der Waals surface area contributed by atoms with Crippen LogP contribution in [0.3, 0.4) is 0 Å². The van der Waals surface area contributed by atoms with Crippen LogP contribution in [-0.4, -0.2) is 30.6 Å². The SMILES string of the molecule is CCN(C1CC1)S(=O)(=O)C(C)C. The van der Waals surface area contributed by atoms with Gasteiger partial charge in [-0.3, -0.25) is 0 Å². The maximum atomic E-state index is 11.7. The number of sulfonamides is 1. The molecule has 1 saturated carbocycles. The molecule has 0 amide bonds. The summed E-state index contributed by atoms with van der Waals surface area (Å²) in [5, 5.41) is -0.280. The molecule has 0 saturated heterocycles. The molecule has 3 nitrogen and oxygen atoms in total. The minimum absolute atomic E-state index is 0.280. The third-order valence-corrected chi connectivity index (χ3v) is 4.59. The molecule has 0 unspecified atom stereocenters. The van der Waals surface area contributed by atoms with Gasteiger partial charge in [0.05, 0.1) is 5.25 Å². The Morgan fingerprint density at radius 1 is 1.42 bits per heavy atom. The van der Waals surface area contributed by atoms with E-state index in [2.05, 4.69) is 0 Å². The van der Waals surface area contributed by atoms with E-state index < -0.39 is 10.0 Å². The van der Waals surface area contributed by atoms with E-state index >= 15 is 0 Å². The maximum absolute atomic E-state index is 11.7. The minimum Gasteiger partial charge on any atom is -0.212 e. The number of hydrogen-bond acceptors (Lipinski definition) is 2. The normalized spacial score (nSPS) is 19.1. The van der Waals surface area contributed by atoms with Crippen molar-refractivity contribution < 1.29 is 8.42 Å². The van der Waals surface area contributed by atoms with E-state index in [0.717, 1.165) is 12.8 Å². The van der Waals surface area contributed by atoms with Gasteiger partial charge in [-0.25, -0.2) is 8.42 Å². The third-order valence-electron chi connectivity index (χ3n) is 2.19. The largest absolute Gasteiger partial charge is 0.216 e. The van der Waals surface area contributed by atoms with Gasteiger partial charge >= 0.3 is 0 Å². The fourth-order valence-electron chi connectivity index (χ4n) is 1.28. The van der Waals surface area contributed by atoms with Crippen LogP contribution in [0.1, 0.15) is 33.6 Å². The molecule has 12 heavy (non-hydrogen) atoms. The van der Waals surface area contributed by atoms with Crippen LogP contribution in [-0.2, 0) is 10.0 Å². The molecule has 1 fully saturated rings. The lowest BCUT2D eigenvalue weighted by Gasteiger charge is -2.22. The predicted molar refractivity (Wildman–Crippen MR) is 49.5 cm³/mol. The quantitative estimate of drug-likeness (QED) is 0.670. The highest BCUT2D eigenvalue weighted by Crippen LogP contribution is 2.30. The second kappa shape index (κ2) is 3.34. The molecule has 1 aliphatic carbocycles. The van der Waals surface area contributed by atoms with Crippen LogP contribution in [0.4, 0.5) is 0 Å². The lowest BCUT2D eigenvalue weighted by atomic mass is 10.6.